The van der Waals surface area contributed by atoms with Crippen LogP contribution in [0.3, 0.4) is 0 Å². The van der Waals surface area contributed by atoms with Gasteiger partial charge in [-0.05, 0) is 13.0 Å². The number of carbonyl (C=O) groups is 1. The Kier molecular flexibility index (Phi) is 3.89. The van der Waals surface area contributed by atoms with Crippen molar-refractivity contribution in [2.45, 2.75) is 26.9 Å². The Bertz CT molecular complexity index is 1050. The molecule has 0 saturated heterocycles. The highest BCUT2D eigenvalue weighted by molar-refractivity contribution is 7.13. The molecular weight excluding hydrogens is 336 g/mol. The fourth-order valence-electron chi connectivity index (χ4n) is 2.86. The second-order valence-electron chi connectivity index (χ2n) is 5.60. The molecule has 0 saturated carbocycles. The number of ketones is 1. The van der Waals surface area contributed by atoms with E-state index in [1.807, 2.05) is 16.1 Å². The molecule has 25 heavy (non-hydrogen) atoms. The zero-order valence-corrected chi connectivity index (χ0v) is 14.7. The molecule has 0 aromatic carbocycles. The number of aryl methyl sites for hydroxylation is 1. The van der Waals surface area contributed by atoms with Crippen molar-refractivity contribution in [1.82, 2.24) is 29.1 Å². The van der Waals surface area contributed by atoms with Crippen molar-refractivity contribution in [2.75, 3.05) is 0 Å². The van der Waals surface area contributed by atoms with Crippen LogP contribution in [0.1, 0.15) is 30.2 Å². The van der Waals surface area contributed by atoms with Gasteiger partial charge in [-0.2, -0.15) is 0 Å². The van der Waals surface area contributed by atoms with E-state index in [0.29, 0.717) is 12.2 Å². The number of Topliss-reactive ketones (excluding diaryl/α,β-unsaturated/α-hetero) is 1. The average Bonchev–Trinajstić information content (AvgIpc) is 3.33. The molecule has 0 spiro atoms. The van der Waals surface area contributed by atoms with E-state index < -0.39 is 0 Å². The molecule has 4 aromatic rings. The van der Waals surface area contributed by atoms with Crippen LogP contribution in [0.25, 0.3) is 21.9 Å². The molecule has 0 aliphatic rings. The van der Waals surface area contributed by atoms with Crippen LogP contribution in [0.2, 0.25) is 0 Å². The lowest BCUT2D eigenvalue weighted by molar-refractivity contribution is 0.101. The summed E-state index contributed by atoms with van der Waals surface area (Å²) in [6.07, 6.45) is 7.19. The highest BCUT2D eigenvalue weighted by Gasteiger charge is 2.15. The highest BCUT2D eigenvalue weighted by atomic mass is 32.1. The quantitative estimate of drug-likeness (QED) is 0.516. The highest BCUT2D eigenvalue weighted by Crippen LogP contribution is 2.22. The number of rotatable bonds is 5. The molecule has 4 aromatic heterocycles. The number of pyridine rings is 1. The van der Waals surface area contributed by atoms with Crippen LogP contribution in [0.15, 0.2) is 36.2 Å². The number of hydrogen-bond donors (Lipinski definition) is 0. The Morgan fingerprint density at radius 3 is 2.84 bits per heavy atom. The molecule has 0 amide bonds. The largest absolute Gasteiger partial charge is 0.325 e. The summed E-state index contributed by atoms with van der Waals surface area (Å²) in [7, 11) is 0. The lowest BCUT2D eigenvalue weighted by Gasteiger charge is -2.08. The van der Waals surface area contributed by atoms with E-state index in [2.05, 4.69) is 26.4 Å². The Morgan fingerprint density at radius 2 is 2.12 bits per heavy atom. The minimum Gasteiger partial charge on any atom is -0.325 e. The molecule has 0 bridgehead atoms. The summed E-state index contributed by atoms with van der Waals surface area (Å²) in [5.74, 6) is 1.67. The normalized spacial score (nSPS) is 11.3. The minimum atomic E-state index is -0.0600. The molecule has 0 radical (unpaired) electrons. The first-order valence-electron chi connectivity index (χ1n) is 7.94. The van der Waals surface area contributed by atoms with Crippen LogP contribution in [-0.2, 0) is 13.1 Å². The smallest absolute Gasteiger partial charge is 0.178 e. The maximum Gasteiger partial charge on any atom is 0.178 e. The van der Waals surface area contributed by atoms with Crippen LogP contribution >= 0.6 is 11.3 Å². The topological polar surface area (TPSA) is 78.5 Å². The summed E-state index contributed by atoms with van der Waals surface area (Å²) < 4.78 is 4.14. The van der Waals surface area contributed by atoms with Gasteiger partial charge in [0.1, 0.15) is 11.5 Å². The summed E-state index contributed by atoms with van der Waals surface area (Å²) in [6, 6.07) is 1.75. The first-order valence-corrected chi connectivity index (χ1v) is 8.82. The summed E-state index contributed by atoms with van der Waals surface area (Å²) in [5.41, 5.74) is 2.15. The van der Waals surface area contributed by atoms with Gasteiger partial charge < -0.3 is 9.13 Å². The van der Waals surface area contributed by atoms with E-state index in [4.69, 9.17) is 4.98 Å². The average molecular weight is 352 g/mol. The van der Waals surface area contributed by atoms with Gasteiger partial charge in [0, 0.05) is 37.4 Å². The van der Waals surface area contributed by atoms with Crippen molar-refractivity contribution in [1.29, 1.82) is 0 Å². The number of nitrogens with zero attached hydrogens (tertiary/aromatic N) is 6. The van der Waals surface area contributed by atoms with Gasteiger partial charge in [0.2, 0.25) is 0 Å². The maximum atomic E-state index is 11.6. The van der Waals surface area contributed by atoms with Crippen LogP contribution in [0, 0.1) is 0 Å². The fourth-order valence-corrected chi connectivity index (χ4v) is 3.51. The Morgan fingerprint density at radius 1 is 1.24 bits per heavy atom. The minimum absolute atomic E-state index is 0.0600. The van der Waals surface area contributed by atoms with Crippen LogP contribution in [0.4, 0.5) is 0 Å². The van der Waals surface area contributed by atoms with Crippen molar-refractivity contribution >= 4 is 28.2 Å². The van der Waals surface area contributed by atoms with Crippen molar-refractivity contribution < 1.29 is 4.79 Å². The summed E-state index contributed by atoms with van der Waals surface area (Å²) >= 11 is 1.56. The molecule has 0 aliphatic carbocycles. The number of hydrogen-bond acceptors (Lipinski definition) is 6. The number of imidazole rings is 2. The first kappa shape index (κ1) is 15.6. The molecular formula is C17H16N6OS. The first-order chi connectivity index (χ1) is 12.2. The molecule has 4 heterocycles. The molecule has 0 N–H and O–H groups in total. The number of aromatic nitrogens is 6. The molecule has 0 fully saturated rings. The molecule has 7 nitrogen and oxygen atoms in total. The summed E-state index contributed by atoms with van der Waals surface area (Å²) in [5, 5.41) is 2.81. The van der Waals surface area contributed by atoms with E-state index in [-0.39, 0.29) is 5.78 Å². The SMILES string of the molecule is CCn1c(Cn2ccnc2-c2nccs2)nc2cc(C(C)=O)ncc21. The van der Waals surface area contributed by atoms with E-state index >= 15 is 0 Å². The van der Waals surface area contributed by atoms with Gasteiger partial charge in [0.25, 0.3) is 0 Å². The van der Waals surface area contributed by atoms with Gasteiger partial charge in [-0.1, -0.05) is 0 Å². The van der Waals surface area contributed by atoms with Gasteiger partial charge >= 0.3 is 0 Å². The van der Waals surface area contributed by atoms with E-state index in [1.165, 1.54) is 6.92 Å². The second kappa shape index (κ2) is 6.21. The van der Waals surface area contributed by atoms with Crippen molar-refractivity contribution in [2.24, 2.45) is 0 Å². The summed E-state index contributed by atoms with van der Waals surface area (Å²) in [6.45, 7) is 4.93. The molecule has 0 atom stereocenters. The van der Waals surface area contributed by atoms with Crippen LogP contribution in [-0.4, -0.2) is 34.9 Å². The Labute approximate surface area is 148 Å². The van der Waals surface area contributed by atoms with Gasteiger partial charge in [0.15, 0.2) is 16.6 Å². The van der Waals surface area contributed by atoms with Crippen LogP contribution in [0.5, 0.6) is 0 Å². The predicted octanol–water partition coefficient (Wildman–Crippen LogP) is 3.02. The van der Waals surface area contributed by atoms with Crippen molar-refractivity contribution in [3.63, 3.8) is 0 Å². The zero-order valence-electron chi connectivity index (χ0n) is 13.9. The van der Waals surface area contributed by atoms with Gasteiger partial charge in [-0.25, -0.2) is 15.0 Å². The van der Waals surface area contributed by atoms with Gasteiger partial charge in [-0.3, -0.25) is 9.78 Å². The predicted molar refractivity (Wildman–Crippen MR) is 95.6 cm³/mol. The molecule has 0 aliphatic heterocycles. The van der Waals surface area contributed by atoms with Gasteiger partial charge in [-0.15, -0.1) is 11.3 Å². The second-order valence-corrected chi connectivity index (χ2v) is 6.50. The summed E-state index contributed by atoms with van der Waals surface area (Å²) in [4.78, 5) is 29.3. The number of thiazole rings is 1. The fraction of sp³-hybridized carbons (Fsp3) is 0.235. The standard InChI is InChI=1S/C17H16N6OS/c1-3-23-14-9-20-12(11(2)24)8-13(14)21-15(23)10-22-6-4-18-16(22)17-19-5-7-25-17/h4-9H,3,10H2,1-2H3. The molecule has 4 rings (SSSR count). The Balaban J connectivity index is 1.77. The Hall–Kier alpha value is -2.87. The third-order valence-corrected chi connectivity index (χ3v) is 4.81. The third kappa shape index (κ3) is 2.74. The third-order valence-electron chi connectivity index (χ3n) is 4.04. The molecule has 0 unspecified atom stereocenters. The maximum absolute atomic E-state index is 11.6. The number of fused-ring (bicyclic) bond motifs is 1. The van der Waals surface area contributed by atoms with E-state index in [0.717, 1.165) is 34.2 Å². The molecule has 126 valence electrons. The van der Waals surface area contributed by atoms with Gasteiger partial charge in [0.05, 0.1) is 23.8 Å². The van der Waals surface area contributed by atoms with Crippen LogP contribution < -0.4 is 0 Å². The van der Waals surface area contributed by atoms with Crippen molar-refractivity contribution in [3.8, 4) is 10.8 Å². The molecule has 8 heteroatoms. The zero-order chi connectivity index (χ0) is 17.4. The number of carbonyl (C=O) groups excluding carboxylic acids is 1. The lowest BCUT2D eigenvalue weighted by atomic mass is 10.2. The van der Waals surface area contributed by atoms with E-state index in [9.17, 15) is 4.79 Å². The monoisotopic (exact) mass is 352 g/mol. The van der Waals surface area contributed by atoms with Crippen molar-refractivity contribution in [3.05, 3.63) is 47.8 Å². The van der Waals surface area contributed by atoms with E-state index in [1.54, 1.807) is 36.0 Å². The lowest BCUT2D eigenvalue weighted by Crippen LogP contribution is -2.08.